The van der Waals surface area contributed by atoms with Crippen LogP contribution in [0.5, 0.6) is 0 Å². The summed E-state index contributed by atoms with van der Waals surface area (Å²) in [6, 6.07) is 0. The average Bonchev–Trinajstić information content (AvgIpc) is 2.34. The minimum Gasteiger partial charge on any atom is -0.296 e. The van der Waals surface area contributed by atoms with Gasteiger partial charge in [-0.15, -0.1) is 0 Å². The molecule has 0 rings (SSSR count). The van der Waals surface area contributed by atoms with E-state index in [-0.39, 0.29) is 0 Å². The zero-order chi connectivity index (χ0) is 17.2. The van der Waals surface area contributed by atoms with Gasteiger partial charge in [0.15, 0.2) is 22.9 Å². The summed E-state index contributed by atoms with van der Waals surface area (Å²) < 4.78 is 29.9. The van der Waals surface area contributed by atoms with Gasteiger partial charge >= 0.3 is 0 Å². The van der Waals surface area contributed by atoms with Gasteiger partial charge in [-0.1, -0.05) is 55.4 Å². The molecule has 0 fully saturated rings. The summed E-state index contributed by atoms with van der Waals surface area (Å²) in [5, 5.41) is 0. The Balaban J connectivity index is 5.38. The number of carbonyl (C=O) groups is 2. The summed E-state index contributed by atoms with van der Waals surface area (Å²) in [6.07, 6.45) is -0.681. The molecule has 4 heteroatoms. The molecule has 0 aliphatic carbocycles. The number of hydrogen-bond acceptors (Lipinski definition) is 2. The standard InChI is InChI=1S/C17H30F2O2/c1-10(2)16(18,11(3)4)14(20)9-15(21)17(19,12(5)6)13(7)8/h10-13H,9H2,1-8H3. The molecule has 0 bridgehead atoms. The lowest BCUT2D eigenvalue weighted by Crippen LogP contribution is -2.50. The van der Waals surface area contributed by atoms with Gasteiger partial charge in [0.2, 0.25) is 0 Å². The molecule has 0 aliphatic heterocycles. The summed E-state index contributed by atoms with van der Waals surface area (Å²) in [5.41, 5.74) is -4.19. The zero-order valence-corrected chi connectivity index (χ0v) is 14.6. The van der Waals surface area contributed by atoms with E-state index in [4.69, 9.17) is 0 Å². The highest BCUT2D eigenvalue weighted by Crippen LogP contribution is 2.37. The molecule has 0 amide bonds. The molecule has 0 N–H and O–H groups in total. The third-order valence-corrected chi connectivity index (χ3v) is 4.54. The molecule has 0 aliphatic rings. The van der Waals surface area contributed by atoms with Crippen molar-refractivity contribution in [3.8, 4) is 0 Å². The lowest BCUT2D eigenvalue weighted by atomic mass is 9.73. The van der Waals surface area contributed by atoms with Crippen molar-refractivity contribution in [3.05, 3.63) is 0 Å². The minimum atomic E-state index is -2.09. The molecule has 124 valence electrons. The quantitative estimate of drug-likeness (QED) is 0.616. The Hall–Kier alpha value is -0.800. The molecule has 0 saturated heterocycles. The van der Waals surface area contributed by atoms with E-state index in [1.165, 1.54) is 0 Å². The van der Waals surface area contributed by atoms with Gasteiger partial charge < -0.3 is 0 Å². The highest BCUT2D eigenvalue weighted by atomic mass is 19.1. The van der Waals surface area contributed by atoms with Crippen LogP contribution in [0.4, 0.5) is 8.78 Å². The van der Waals surface area contributed by atoms with E-state index >= 15 is 0 Å². The van der Waals surface area contributed by atoms with Gasteiger partial charge in [0, 0.05) is 0 Å². The van der Waals surface area contributed by atoms with Crippen LogP contribution in [0.2, 0.25) is 0 Å². The van der Waals surface area contributed by atoms with E-state index in [0.717, 1.165) is 0 Å². The summed E-state index contributed by atoms with van der Waals surface area (Å²) in [6.45, 7) is 12.9. The van der Waals surface area contributed by atoms with Crippen LogP contribution in [0, 0.1) is 23.7 Å². The van der Waals surface area contributed by atoms with Gasteiger partial charge in [-0.25, -0.2) is 8.78 Å². The third kappa shape index (κ3) is 3.70. The fourth-order valence-electron chi connectivity index (χ4n) is 3.04. The van der Waals surface area contributed by atoms with Crippen molar-refractivity contribution in [2.24, 2.45) is 23.7 Å². The lowest BCUT2D eigenvalue weighted by molar-refractivity contribution is -0.147. The Morgan fingerprint density at radius 2 is 0.857 bits per heavy atom. The van der Waals surface area contributed by atoms with Gasteiger partial charge in [0.05, 0.1) is 6.42 Å². The van der Waals surface area contributed by atoms with E-state index in [0.29, 0.717) is 0 Å². The van der Waals surface area contributed by atoms with Crippen LogP contribution in [0.3, 0.4) is 0 Å². The second-order valence-electron chi connectivity index (χ2n) is 7.18. The van der Waals surface area contributed by atoms with E-state index in [9.17, 15) is 18.4 Å². The van der Waals surface area contributed by atoms with Crippen LogP contribution in [0.25, 0.3) is 0 Å². The zero-order valence-electron chi connectivity index (χ0n) is 14.6. The predicted octanol–water partition coefficient (Wildman–Crippen LogP) is 4.56. The normalized spacial score (nSPS) is 13.6. The topological polar surface area (TPSA) is 34.1 Å². The van der Waals surface area contributed by atoms with Crippen molar-refractivity contribution >= 4 is 11.6 Å². The second kappa shape index (κ2) is 6.97. The Kier molecular flexibility index (Phi) is 6.71. The summed E-state index contributed by atoms with van der Waals surface area (Å²) in [5.74, 6) is -3.81. The molecular formula is C17H30F2O2. The molecule has 0 aromatic rings. The van der Waals surface area contributed by atoms with Crippen LogP contribution in [-0.2, 0) is 9.59 Å². The van der Waals surface area contributed by atoms with Crippen LogP contribution in [-0.4, -0.2) is 22.9 Å². The average molecular weight is 304 g/mol. The van der Waals surface area contributed by atoms with Gasteiger partial charge in [-0.2, -0.15) is 0 Å². The summed E-state index contributed by atoms with van der Waals surface area (Å²) >= 11 is 0. The van der Waals surface area contributed by atoms with Crippen LogP contribution < -0.4 is 0 Å². The first-order valence-corrected chi connectivity index (χ1v) is 7.77. The van der Waals surface area contributed by atoms with Crippen molar-refractivity contribution < 1.29 is 18.4 Å². The van der Waals surface area contributed by atoms with Gasteiger partial charge in [0.1, 0.15) is 0 Å². The first-order chi connectivity index (χ1) is 9.32. The fraction of sp³-hybridized carbons (Fsp3) is 0.882. The Morgan fingerprint density at radius 1 is 0.667 bits per heavy atom. The first-order valence-electron chi connectivity index (χ1n) is 7.77. The van der Waals surface area contributed by atoms with Crippen molar-refractivity contribution in [2.45, 2.75) is 73.1 Å². The van der Waals surface area contributed by atoms with Gasteiger partial charge in [-0.3, -0.25) is 9.59 Å². The molecule has 0 aromatic carbocycles. The van der Waals surface area contributed by atoms with Gasteiger partial charge in [0.25, 0.3) is 0 Å². The number of halogens is 2. The van der Waals surface area contributed by atoms with E-state index in [2.05, 4.69) is 0 Å². The molecule has 0 heterocycles. The van der Waals surface area contributed by atoms with Crippen molar-refractivity contribution in [1.82, 2.24) is 0 Å². The third-order valence-electron chi connectivity index (χ3n) is 4.54. The number of rotatable bonds is 8. The molecule has 0 saturated carbocycles. The van der Waals surface area contributed by atoms with Crippen molar-refractivity contribution in [1.29, 1.82) is 0 Å². The molecule has 0 aromatic heterocycles. The van der Waals surface area contributed by atoms with Crippen LogP contribution in [0.15, 0.2) is 0 Å². The summed E-state index contributed by atoms with van der Waals surface area (Å²) in [7, 11) is 0. The monoisotopic (exact) mass is 304 g/mol. The molecule has 2 nitrogen and oxygen atoms in total. The van der Waals surface area contributed by atoms with Crippen molar-refractivity contribution in [3.63, 3.8) is 0 Å². The summed E-state index contributed by atoms with van der Waals surface area (Å²) in [4.78, 5) is 24.6. The number of hydrogen-bond donors (Lipinski definition) is 0. The molecule has 21 heavy (non-hydrogen) atoms. The van der Waals surface area contributed by atoms with E-state index < -0.39 is 53.0 Å². The lowest BCUT2D eigenvalue weighted by Gasteiger charge is -2.35. The highest BCUT2D eigenvalue weighted by molar-refractivity contribution is 6.06. The second-order valence-corrected chi connectivity index (χ2v) is 7.18. The Labute approximate surface area is 127 Å². The fourth-order valence-corrected chi connectivity index (χ4v) is 3.04. The molecule has 0 radical (unpaired) electrons. The van der Waals surface area contributed by atoms with Crippen LogP contribution in [0.1, 0.15) is 61.8 Å². The minimum absolute atomic E-state index is 0.551. The number of carbonyl (C=O) groups excluding carboxylic acids is 2. The SMILES string of the molecule is CC(C)C(F)(C(=O)CC(=O)C(F)(C(C)C)C(C)C)C(C)C. The number of ketones is 2. The number of alkyl halides is 2. The van der Waals surface area contributed by atoms with E-state index in [1.807, 2.05) is 0 Å². The maximum Gasteiger partial charge on any atom is 0.177 e. The number of Topliss-reactive ketones (excluding diaryl/α,β-unsaturated/α-hetero) is 2. The Morgan fingerprint density at radius 3 is 1.00 bits per heavy atom. The molecule has 0 atom stereocenters. The molecular weight excluding hydrogens is 274 g/mol. The van der Waals surface area contributed by atoms with E-state index in [1.54, 1.807) is 55.4 Å². The maximum atomic E-state index is 15.0. The van der Waals surface area contributed by atoms with Crippen LogP contribution >= 0.6 is 0 Å². The molecule has 0 spiro atoms. The van der Waals surface area contributed by atoms with Crippen molar-refractivity contribution in [2.75, 3.05) is 0 Å². The smallest absolute Gasteiger partial charge is 0.177 e. The Bertz CT molecular complexity index is 332. The largest absolute Gasteiger partial charge is 0.296 e. The maximum absolute atomic E-state index is 15.0. The molecule has 0 unspecified atom stereocenters. The van der Waals surface area contributed by atoms with Gasteiger partial charge in [-0.05, 0) is 23.7 Å². The highest BCUT2D eigenvalue weighted by Gasteiger charge is 2.50. The predicted molar refractivity (Wildman–Crippen MR) is 81.7 cm³/mol. The first kappa shape index (κ1) is 20.2.